The van der Waals surface area contributed by atoms with Crippen LogP contribution in [0.3, 0.4) is 0 Å². The van der Waals surface area contributed by atoms with Gasteiger partial charge in [-0.25, -0.2) is 0 Å². The van der Waals surface area contributed by atoms with Crippen LogP contribution < -0.4 is 10.1 Å². The Bertz CT molecular complexity index is 1180. The first kappa shape index (κ1) is 19.7. The molecule has 1 amide bonds. The summed E-state index contributed by atoms with van der Waals surface area (Å²) in [6.07, 6.45) is 0. The van der Waals surface area contributed by atoms with Crippen molar-refractivity contribution in [1.29, 1.82) is 0 Å². The van der Waals surface area contributed by atoms with E-state index in [1.165, 1.54) is 0 Å². The SMILES string of the molecule is COc1ccc(-c2cc(CNC(=O)c3c(-c4ccccc4Cl)noc3C)no2)cc1. The highest BCUT2D eigenvalue weighted by Crippen LogP contribution is 2.31. The van der Waals surface area contributed by atoms with Gasteiger partial charge in [-0.05, 0) is 37.3 Å². The molecule has 0 radical (unpaired) electrons. The third-order valence-corrected chi connectivity index (χ3v) is 4.91. The first-order valence-electron chi connectivity index (χ1n) is 9.16. The molecular weight excluding hydrogens is 406 g/mol. The van der Waals surface area contributed by atoms with Gasteiger partial charge in [0.1, 0.15) is 28.5 Å². The highest BCUT2D eigenvalue weighted by molar-refractivity contribution is 6.33. The summed E-state index contributed by atoms with van der Waals surface area (Å²) in [7, 11) is 1.61. The molecule has 4 rings (SSSR count). The number of benzene rings is 2. The van der Waals surface area contributed by atoms with Crippen molar-refractivity contribution in [2.24, 2.45) is 0 Å². The number of rotatable bonds is 6. The second-order valence-electron chi connectivity index (χ2n) is 6.54. The average Bonchev–Trinajstić information content (AvgIpc) is 3.39. The van der Waals surface area contributed by atoms with Crippen LogP contribution in [-0.2, 0) is 6.54 Å². The molecule has 7 nitrogen and oxygen atoms in total. The number of carbonyl (C=O) groups excluding carboxylic acids is 1. The van der Waals surface area contributed by atoms with Gasteiger partial charge in [0.25, 0.3) is 5.91 Å². The zero-order chi connectivity index (χ0) is 21.1. The lowest BCUT2D eigenvalue weighted by atomic mass is 10.1. The number of nitrogens with one attached hydrogen (secondary N) is 1. The smallest absolute Gasteiger partial charge is 0.257 e. The zero-order valence-corrected chi connectivity index (χ0v) is 17.1. The molecule has 0 bridgehead atoms. The van der Waals surface area contributed by atoms with E-state index in [1.54, 1.807) is 32.2 Å². The molecule has 0 aliphatic heterocycles. The minimum absolute atomic E-state index is 0.186. The first-order chi connectivity index (χ1) is 14.6. The largest absolute Gasteiger partial charge is 0.497 e. The summed E-state index contributed by atoms with van der Waals surface area (Å²) in [4.78, 5) is 12.8. The third kappa shape index (κ3) is 3.92. The molecular formula is C22H18ClN3O4. The number of hydrogen-bond donors (Lipinski definition) is 1. The minimum atomic E-state index is -0.335. The maximum atomic E-state index is 12.8. The predicted octanol–water partition coefficient (Wildman–Crippen LogP) is 4.90. The van der Waals surface area contributed by atoms with E-state index in [0.717, 1.165) is 11.3 Å². The fraction of sp³-hybridized carbons (Fsp3) is 0.136. The lowest BCUT2D eigenvalue weighted by molar-refractivity contribution is 0.0949. The standard InChI is InChI=1S/C22H18ClN3O4/c1-13-20(21(26-29-13)17-5-3-4-6-18(17)23)22(27)24-12-15-11-19(30-25-15)14-7-9-16(28-2)10-8-14/h3-11H,12H2,1-2H3,(H,24,27). The van der Waals surface area contributed by atoms with Crippen LogP contribution in [0.1, 0.15) is 21.8 Å². The first-order valence-corrected chi connectivity index (χ1v) is 9.54. The zero-order valence-electron chi connectivity index (χ0n) is 16.3. The van der Waals surface area contributed by atoms with Crippen LogP contribution in [0.4, 0.5) is 0 Å². The molecule has 0 unspecified atom stereocenters. The van der Waals surface area contributed by atoms with Crippen LogP contribution in [0.25, 0.3) is 22.6 Å². The summed E-state index contributed by atoms with van der Waals surface area (Å²) in [5, 5.41) is 11.4. The molecule has 0 aliphatic rings. The van der Waals surface area contributed by atoms with Crippen molar-refractivity contribution in [3.8, 4) is 28.3 Å². The van der Waals surface area contributed by atoms with Crippen molar-refractivity contribution < 1.29 is 18.6 Å². The number of methoxy groups -OCH3 is 1. The number of nitrogens with zero attached hydrogens (tertiary/aromatic N) is 2. The van der Waals surface area contributed by atoms with Crippen LogP contribution in [0.5, 0.6) is 5.75 Å². The number of ether oxygens (including phenoxy) is 1. The van der Waals surface area contributed by atoms with E-state index >= 15 is 0 Å². The van der Waals surface area contributed by atoms with Gasteiger partial charge in [-0.3, -0.25) is 4.79 Å². The van der Waals surface area contributed by atoms with Crippen LogP contribution in [0, 0.1) is 6.92 Å². The van der Waals surface area contributed by atoms with Gasteiger partial charge in [0.15, 0.2) is 5.76 Å². The Hall–Kier alpha value is -3.58. The maximum Gasteiger partial charge on any atom is 0.257 e. The lowest BCUT2D eigenvalue weighted by Gasteiger charge is -2.05. The molecule has 30 heavy (non-hydrogen) atoms. The fourth-order valence-corrected chi connectivity index (χ4v) is 3.25. The van der Waals surface area contributed by atoms with Gasteiger partial charge >= 0.3 is 0 Å². The van der Waals surface area contributed by atoms with Crippen molar-refractivity contribution in [1.82, 2.24) is 15.6 Å². The minimum Gasteiger partial charge on any atom is -0.497 e. The number of hydrogen-bond acceptors (Lipinski definition) is 6. The molecule has 152 valence electrons. The number of carbonyl (C=O) groups is 1. The molecule has 4 aromatic rings. The Kier molecular flexibility index (Phi) is 5.54. The number of amides is 1. The Morgan fingerprint density at radius 3 is 2.60 bits per heavy atom. The number of aryl methyl sites for hydroxylation is 1. The Morgan fingerprint density at radius 2 is 1.87 bits per heavy atom. The van der Waals surface area contributed by atoms with Gasteiger partial charge in [0, 0.05) is 17.2 Å². The Labute approximate surface area is 177 Å². The molecule has 8 heteroatoms. The summed E-state index contributed by atoms with van der Waals surface area (Å²) in [6.45, 7) is 1.87. The summed E-state index contributed by atoms with van der Waals surface area (Å²) >= 11 is 6.25. The van der Waals surface area contributed by atoms with E-state index in [4.69, 9.17) is 25.4 Å². The summed E-state index contributed by atoms with van der Waals surface area (Å²) in [5.74, 6) is 1.42. The second kappa shape index (κ2) is 8.42. The average molecular weight is 424 g/mol. The van der Waals surface area contributed by atoms with Crippen LogP contribution in [0.2, 0.25) is 5.02 Å². The quantitative estimate of drug-likeness (QED) is 0.474. The monoisotopic (exact) mass is 423 g/mol. The van der Waals surface area contributed by atoms with Crippen LogP contribution in [-0.4, -0.2) is 23.3 Å². The second-order valence-corrected chi connectivity index (χ2v) is 6.94. The Balaban J connectivity index is 1.49. The topological polar surface area (TPSA) is 90.4 Å². The molecule has 2 aromatic heterocycles. The molecule has 1 N–H and O–H groups in total. The van der Waals surface area contributed by atoms with Gasteiger partial charge in [-0.1, -0.05) is 40.1 Å². The lowest BCUT2D eigenvalue weighted by Crippen LogP contribution is -2.23. The van der Waals surface area contributed by atoms with Crippen molar-refractivity contribution in [2.75, 3.05) is 7.11 Å². The Morgan fingerprint density at radius 1 is 1.10 bits per heavy atom. The van der Waals surface area contributed by atoms with E-state index in [1.807, 2.05) is 36.4 Å². The normalized spacial score (nSPS) is 10.8. The molecule has 0 aliphatic carbocycles. The third-order valence-electron chi connectivity index (χ3n) is 4.58. The van der Waals surface area contributed by atoms with E-state index in [-0.39, 0.29) is 12.5 Å². The van der Waals surface area contributed by atoms with Gasteiger partial charge in [-0.15, -0.1) is 0 Å². The molecule has 0 spiro atoms. The maximum absolute atomic E-state index is 12.8. The van der Waals surface area contributed by atoms with E-state index in [0.29, 0.717) is 39.1 Å². The highest BCUT2D eigenvalue weighted by atomic mass is 35.5. The van der Waals surface area contributed by atoms with E-state index in [2.05, 4.69) is 15.6 Å². The molecule has 0 fully saturated rings. The predicted molar refractivity (Wildman–Crippen MR) is 111 cm³/mol. The number of halogens is 1. The molecule has 0 saturated heterocycles. The van der Waals surface area contributed by atoms with E-state index < -0.39 is 0 Å². The van der Waals surface area contributed by atoms with Crippen molar-refractivity contribution >= 4 is 17.5 Å². The summed E-state index contributed by atoms with van der Waals surface area (Å²) in [5.41, 5.74) is 2.81. The van der Waals surface area contributed by atoms with Crippen molar-refractivity contribution in [3.63, 3.8) is 0 Å². The van der Waals surface area contributed by atoms with Crippen LogP contribution in [0.15, 0.2) is 63.6 Å². The number of aromatic nitrogens is 2. The van der Waals surface area contributed by atoms with Gasteiger partial charge in [0.05, 0.1) is 18.7 Å². The molecule has 2 aromatic carbocycles. The highest BCUT2D eigenvalue weighted by Gasteiger charge is 2.23. The van der Waals surface area contributed by atoms with Gasteiger partial charge in [0.2, 0.25) is 0 Å². The van der Waals surface area contributed by atoms with Crippen molar-refractivity contribution in [3.05, 3.63) is 76.6 Å². The fourth-order valence-electron chi connectivity index (χ4n) is 3.02. The van der Waals surface area contributed by atoms with Gasteiger partial charge < -0.3 is 19.1 Å². The van der Waals surface area contributed by atoms with Crippen molar-refractivity contribution in [2.45, 2.75) is 13.5 Å². The molecule has 2 heterocycles. The van der Waals surface area contributed by atoms with E-state index in [9.17, 15) is 4.79 Å². The van der Waals surface area contributed by atoms with Gasteiger partial charge in [-0.2, -0.15) is 0 Å². The molecule has 0 saturated carbocycles. The summed E-state index contributed by atoms with van der Waals surface area (Å²) in [6, 6.07) is 16.3. The van der Waals surface area contributed by atoms with Crippen LogP contribution >= 0.6 is 11.6 Å². The summed E-state index contributed by atoms with van der Waals surface area (Å²) < 4.78 is 15.8. The molecule has 0 atom stereocenters.